The summed E-state index contributed by atoms with van der Waals surface area (Å²) in [5, 5.41) is 1.19. The fourth-order valence-electron chi connectivity index (χ4n) is 1.47. The Labute approximate surface area is 120 Å². The van der Waals surface area contributed by atoms with Crippen LogP contribution in [0, 0.1) is 0 Å². The quantitative estimate of drug-likeness (QED) is 0.431. The summed E-state index contributed by atoms with van der Waals surface area (Å²) < 4.78 is 6.37. The summed E-state index contributed by atoms with van der Waals surface area (Å²) in [6, 6.07) is 7.58. The summed E-state index contributed by atoms with van der Waals surface area (Å²) in [6.45, 7) is 0. The van der Waals surface area contributed by atoms with Crippen LogP contribution in [0.4, 0.5) is 5.95 Å². The number of nitrogen functional groups attached to an aromatic ring is 1. The topological polar surface area (TPSA) is 89.9 Å². The van der Waals surface area contributed by atoms with Gasteiger partial charge in [0.2, 0.25) is 5.95 Å². The second-order valence-electron chi connectivity index (χ2n) is 3.54. The molecule has 8 heteroatoms. The first-order chi connectivity index (χ1) is 9.26. The first kappa shape index (κ1) is 12.4. The highest BCUT2D eigenvalue weighted by Gasteiger charge is 2.11. The van der Waals surface area contributed by atoms with Gasteiger partial charge in [-0.1, -0.05) is 12.1 Å². The van der Waals surface area contributed by atoms with Gasteiger partial charge in [0.25, 0.3) is 5.22 Å². The van der Waals surface area contributed by atoms with E-state index in [4.69, 9.17) is 10.3 Å². The Hall–Kier alpha value is -1.64. The number of benzene rings is 1. The molecule has 0 atom stereocenters. The molecular formula is C11H8BrN5OS. The molecule has 3 aromatic rings. The number of hydrazine groups is 1. The Balaban J connectivity index is 1.96. The molecule has 3 N–H and O–H groups in total. The minimum absolute atomic E-state index is 0.335. The maximum atomic E-state index is 5.62. The highest BCUT2D eigenvalue weighted by molar-refractivity contribution is 9.10. The molecule has 0 aliphatic carbocycles. The van der Waals surface area contributed by atoms with Crippen LogP contribution in [0.5, 0.6) is 0 Å². The van der Waals surface area contributed by atoms with Gasteiger partial charge in [0.15, 0.2) is 5.58 Å². The maximum Gasteiger partial charge on any atom is 0.263 e. The van der Waals surface area contributed by atoms with Crippen LogP contribution in [-0.4, -0.2) is 15.0 Å². The number of hydrogen-bond acceptors (Lipinski definition) is 7. The largest absolute Gasteiger partial charge is 0.431 e. The number of nitrogens with two attached hydrogens (primary N) is 1. The van der Waals surface area contributed by atoms with Crippen molar-refractivity contribution in [3.05, 3.63) is 34.9 Å². The Morgan fingerprint density at radius 2 is 2.11 bits per heavy atom. The molecule has 1 aromatic carbocycles. The molecule has 0 amide bonds. The zero-order valence-corrected chi connectivity index (χ0v) is 11.9. The zero-order chi connectivity index (χ0) is 13.2. The molecule has 0 unspecified atom stereocenters. The number of nitrogens with one attached hydrogen (secondary N) is 1. The van der Waals surface area contributed by atoms with Crippen LogP contribution in [0.1, 0.15) is 0 Å². The van der Waals surface area contributed by atoms with Crippen LogP contribution in [0.2, 0.25) is 0 Å². The van der Waals surface area contributed by atoms with Crippen molar-refractivity contribution in [1.29, 1.82) is 0 Å². The van der Waals surface area contributed by atoms with E-state index in [2.05, 4.69) is 36.3 Å². The lowest BCUT2D eigenvalue weighted by Crippen LogP contribution is -2.10. The van der Waals surface area contributed by atoms with Crippen molar-refractivity contribution in [2.45, 2.75) is 10.2 Å². The van der Waals surface area contributed by atoms with Gasteiger partial charge in [0, 0.05) is 6.20 Å². The molecule has 2 aromatic heterocycles. The third-order valence-corrected chi connectivity index (χ3v) is 4.00. The van der Waals surface area contributed by atoms with Crippen molar-refractivity contribution in [3.63, 3.8) is 0 Å². The third kappa shape index (κ3) is 2.55. The van der Waals surface area contributed by atoms with Crippen molar-refractivity contribution in [3.8, 4) is 0 Å². The molecule has 19 heavy (non-hydrogen) atoms. The van der Waals surface area contributed by atoms with Crippen molar-refractivity contribution in [2.75, 3.05) is 5.43 Å². The second-order valence-corrected chi connectivity index (χ2v) is 5.33. The van der Waals surface area contributed by atoms with Gasteiger partial charge in [-0.15, -0.1) is 0 Å². The number of para-hydroxylation sites is 2. The Kier molecular flexibility index (Phi) is 3.36. The van der Waals surface area contributed by atoms with Crippen molar-refractivity contribution in [1.82, 2.24) is 15.0 Å². The van der Waals surface area contributed by atoms with E-state index in [1.54, 1.807) is 6.20 Å². The van der Waals surface area contributed by atoms with Crippen molar-refractivity contribution < 1.29 is 4.42 Å². The van der Waals surface area contributed by atoms with Crippen LogP contribution in [0.3, 0.4) is 0 Å². The molecule has 0 bridgehead atoms. The standard InChI is InChI=1S/C11H8BrN5OS/c12-6-5-14-10(17-13)16-9(6)19-11-15-7-3-1-2-4-8(7)18-11/h1-5H,13H2,(H,14,16,17). The van der Waals surface area contributed by atoms with Gasteiger partial charge in [-0.2, -0.15) is 0 Å². The van der Waals surface area contributed by atoms with Gasteiger partial charge in [-0.3, -0.25) is 5.43 Å². The lowest BCUT2D eigenvalue weighted by Gasteiger charge is -2.02. The first-order valence-electron chi connectivity index (χ1n) is 5.29. The van der Waals surface area contributed by atoms with E-state index in [0.717, 1.165) is 15.6 Å². The molecule has 0 saturated heterocycles. The van der Waals surface area contributed by atoms with Gasteiger partial charge in [-0.05, 0) is 39.8 Å². The van der Waals surface area contributed by atoms with Crippen LogP contribution in [0.25, 0.3) is 11.1 Å². The number of rotatable bonds is 3. The molecule has 0 saturated carbocycles. The van der Waals surface area contributed by atoms with E-state index in [1.807, 2.05) is 24.3 Å². The average Bonchev–Trinajstić information content (AvgIpc) is 2.83. The fourth-order valence-corrected chi connectivity index (χ4v) is 2.63. The normalized spacial score (nSPS) is 10.8. The van der Waals surface area contributed by atoms with E-state index in [1.165, 1.54) is 11.8 Å². The summed E-state index contributed by atoms with van der Waals surface area (Å²) >= 11 is 4.68. The van der Waals surface area contributed by atoms with E-state index in [-0.39, 0.29) is 0 Å². The number of nitrogens with zero attached hydrogens (tertiary/aromatic N) is 3. The lowest BCUT2D eigenvalue weighted by atomic mass is 10.3. The molecule has 0 aliphatic heterocycles. The Morgan fingerprint density at radius 3 is 2.89 bits per heavy atom. The summed E-state index contributed by atoms with van der Waals surface area (Å²) in [4.78, 5) is 12.6. The first-order valence-corrected chi connectivity index (χ1v) is 6.90. The van der Waals surface area contributed by atoms with Crippen LogP contribution in [-0.2, 0) is 0 Å². The monoisotopic (exact) mass is 337 g/mol. The summed E-state index contributed by atoms with van der Waals surface area (Å²) in [6.07, 6.45) is 1.62. The van der Waals surface area contributed by atoms with Crippen LogP contribution in [0.15, 0.2) is 49.6 Å². The van der Waals surface area contributed by atoms with Gasteiger partial charge in [0.1, 0.15) is 10.5 Å². The minimum atomic E-state index is 0.335. The highest BCUT2D eigenvalue weighted by atomic mass is 79.9. The molecule has 0 aliphatic rings. The van der Waals surface area contributed by atoms with Gasteiger partial charge < -0.3 is 4.42 Å². The molecular weight excluding hydrogens is 330 g/mol. The molecule has 3 rings (SSSR count). The van der Waals surface area contributed by atoms with E-state index in [9.17, 15) is 0 Å². The minimum Gasteiger partial charge on any atom is -0.431 e. The number of halogens is 1. The van der Waals surface area contributed by atoms with Gasteiger partial charge >= 0.3 is 0 Å². The zero-order valence-electron chi connectivity index (χ0n) is 9.50. The number of fused-ring (bicyclic) bond motifs is 1. The third-order valence-electron chi connectivity index (χ3n) is 2.30. The van der Waals surface area contributed by atoms with Crippen molar-refractivity contribution >= 4 is 44.7 Å². The fraction of sp³-hybridized carbons (Fsp3) is 0. The smallest absolute Gasteiger partial charge is 0.263 e. The molecule has 0 radical (unpaired) electrons. The highest BCUT2D eigenvalue weighted by Crippen LogP contribution is 2.33. The summed E-state index contributed by atoms with van der Waals surface area (Å²) in [5.41, 5.74) is 3.95. The summed E-state index contributed by atoms with van der Waals surface area (Å²) in [5.74, 6) is 5.62. The van der Waals surface area contributed by atoms with Gasteiger partial charge in [-0.25, -0.2) is 20.8 Å². The molecule has 0 spiro atoms. The van der Waals surface area contributed by atoms with Gasteiger partial charge in [0.05, 0.1) is 4.47 Å². The Bertz CT molecular complexity index is 699. The van der Waals surface area contributed by atoms with Crippen molar-refractivity contribution in [2.24, 2.45) is 5.84 Å². The van der Waals surface area contributed by atoms with Crippen LogP contribution < -0.4 is 11.3 Å². The molecule has 2 heterocycles. The predicted octanol–water partition coefficient (Wildman–Crippen LogP) is 2.82. The SMILES string of the molecule is NNc1ncc(Br)c(Sc2nc3ccccc3o2)n1. The number of oxazole rings is 1. The number of hydrogen-bond donors (Lipinski definition) is 2. The predicted molar refractivity (Wildman–Crippen MR) is 75.7 cm³/mol. The average molecular weight is 338 g/mol. The van der Waals surface area contributed by atoms with E-state index < -0.39 is 0 Å². The van der Waals surface area contributed by atoms with E-state index in [0.29, 0.717) is 16.2 Å². The lowest BCUT2D eigenvalue weighted by molar-refractivity contribution is 0.489. The molecule has 0 fully saturated rings. The maximum absolute atomic E-state index is 5.62. The number of aromatic nitrogens is 3. The second kappa shape index (κ2) is 5.16. The molecule has 6 nitrogen and oxygen atoms in total. The number of anilines is 1. The van der Waals surface area contributed by atoms with Crippen LogP contribution >= 0.6 is 27.7 Å². The Morgan fingerprint density at radius 1 is 1.26 bits per heavy atom. The van der Waals surface area contributed by atoms with E-state index >= 15 is 0 Å². The summed E-state index contributed by atoms with van der Waals surface area (Å²) in [7, 11) is 0. The molecule has 96 valence electrons.